The number of carbonyl (C=O) groups excluding carboxylic acids is 1. The Kier molecular flexibility index (Phi) is 5.08. The van der Waals surface area contributed by atoms with E-state index in [4.69, 9.17) is 11.6 Å². The normalized spacial score (nSPS) is 23.1. The van der Waals surface area contributed by atoms with Gasteiger partial charge in [0, 0.05) is 17.4 Å². The fraction of sp³-hybridized carbons (Fsp3) is 0.611. The molecule has 0 bridgehead atoms. The summed E-state index contributed by atoms with van der Waals surface area (Å²) in [6, 6.07) is 4.54. The van der Waals surface area contributed by atoms with Crippen LogP contribution in [0.15, 0.2) is 18.2 Å². The molecule has 0 saturated heterocycles. The third-order valence-electron chi connectivity index (χ3n) is 4.79. The molecule has 0 aliphatic heterocycles. The van der Waals surface area contributed by atoms with E-state index in [0.29, 0.717) is 21.9 Å². The van der Waals surface area contributed by atoms with Gasteiger partial charge in [-0.2, -0.15) is 0 Å². The molecule has 1 nitrogen and oxygen atoms in total. The lowest BCUT2D eigenvalue weighted by atomic mass is 9.69. The summed E-state index contributed by atoms with van der Waals surface area (Å²) in [5.41, 5.74) is 0.776. The van der Waals surface area contributed by atoms with Crippen molar-refractivity contribution in [2.75, 3.05) is 0 Å². The van der Waals surface area contributed by atoms with Gasteiger partial charge in [-0.1, -0.05) is 38.4 Å². The lowest BCUT2D eigenvalue weighted by Gasteiger charge is -2.36. The maximum Gasteiger partial charge on any atom is 0.140 e. The van der Waals surface area contributed by atoms with Gasteiger partial charge in [0.1, 0.15) is 11.6 Å². The zero-order chi connectivity index (χ0) is 15.6. The monoisotopic (exact) mass is 310 g/mol. The van der Waals surface area contributed by atoms with Crippen LogP contribution >= 0.6 is 11.6 Å². The van der Waals surface area contributed by atoms with Gasteiger partial charge in [0.15, 0.2) is 0 Å². The highest BCUT2D eigenvalue weighted by atomic mass is 35.5. The quantitative estimate of drug-likeness (QED) is 0.726. The van der Waals surface area contributed by atoms with Crippen LogP contribution in [0.1, 0.15) is 52.0 Å². The molecule has 0 radical (unpaired) electrons. The van der Waals surface area contributed by atoms with Crippen LogP contribution in [0.2, 0.25) is 5.02 Å². The first-order valence-electron chi connectivity index (χ1n) is 7.74. The third kappa shape index (κ3) is 4.29. The molecule has 1 aromatic rings. The number of hydrogen-bond acceptors (Lipinski definition) is 1. The van der Waals surface area contributed by atoms with Crippen LogP contribution in [0, 0.1) is 23.1 Å². The molecule has 3 heteroatoms. The molecule has 116 valence electrons. The molecule has 0 N–H and O–H groups in total. The lowest BCUT2D eigenvalue weighted by Crippen LogP contribution is -2.29. The molecule has 1 aliphatic carbocycles. The van der Waals surface area contributed by atoms with E-state index in [1.165, 1.54) is 6.07 Å². The first kappa shape index (κ1) is 16.5. The molecule has 0 amide bonds. The minimum absolute atomic E-state index is 0.0960. The third-order valence-corrected chi connectivity index (χ3v) is 5.02. The van der Waals surface area contributed by atoms with Crippen molar-refractivity contribution in [2.24, 2.45) is 17.3 Å². The highest BCUT2D eigenvalue weighted by Gasteiger charge is 2.32. The molecule has 0 spiro atoms. The van der Waals surface area contributed by atoms with Gasteiger partial charge in [0.05, 0.1) is 0 Å². The van der Waals surface area contributed by atoms with Crippen molar-refractivity contribution in [1.29, 1.82) is 0 Å². The zero-order valence-electron chi connectivity index (χ0n) is 13.1. The van der Waals surface area contributed by atoms with Crippen LogP contribution < -0.4 is 0 Å². The summed E-state index contributed by atoms with van der Waals surface area (Å²) in [6.07, 6.45) is 4.27. The molecule has 0 atom stereocenters. The Bertz CT molecular complexity index is 510. The maximum atomic E-state index is 13.8. The van der Waals surface area contributed by atoms with Crippen LogP contribution in [-0.4, -0.2) is 5.78 Å². The highest BCUT2D eigenvalue weighted by molar-refractivity contribution is 6.30. The summed E-state index contributed by atoms with van der Waals surface area (Å²) >= 11 is 5.74. The van der Waals surface area contributed by atoms with Crippen molar-refractivity contribution >= 4 is 17.4 Å². The average Bonchev–Trinajstić information content (AvgIpc) is 2.41. The van der Waals surface area contributed by atoms with E-state index < -0.39 is 0 Å². The summed E-state index contributed by atoms with van der Waals surface area (Å²) < 4.78 is 13.8. The predicted molar refractivity (Wildman–Crippen MR) is 85.0 cm³/mol. The fourth-order valence-corrected chi connectivity index (χ4v) is 3.44. The summed E-state index contributed by atoms with van der Waals surface area (Å²) in [7, 11) is 0. The molecule has 0 heterocycles. The molecular formula is C18H24ClFO. The molecule has 2 rings (SSSR count). The van der Waals surface area contributed by atoms with Crippen LogP contribution in [0.4, 0.5) is 4.39 Å². The van der Waals surface area contributed by atoms with Gasteiger partial charge in [0.2, 0.25) is 0 Å². The molecule has 1 aliphatic rings. The SMILES string of the molecule is CC(C)(C)C1CCC(C(=O)Cc2ccc(Cl)cc2F)CC1. The Labute approximate surface area is 131 Å². The number of rotatable bonds is 3. The molecular weight excluding hydrogens is 287 g/mol. The van der Waals surface area contributed by atoms with Gasteiger partial charge in [-0.15, -0.1) is 0 Å². The minimum atomic E-state index is -0.376. The Morgan fingerprint density at radius 1 is 1.24 bits per heavy atom. The Hall–Kier alpha value is -0.890. The summed E-state index contributed by atoms with van der Waals surface area (Å²) in [5, 5.41) is 0.370. The van der Waals surface area contributed by atoms with E-state index in [0.717, 1.165) is 25.7 Å². The predicted octanol–water partition coefficient (Wildman–Crippen LogP) is 5.44. The van der Waals surface area contributed by atoms with Crippen LogP contribution in [0.25, 0.3) is 0 Å². The van der Waals surface area contributed by atoms with Gasteiger partial charge in [-0.05, 0) is 54.7 Å². The Morgan fingerprint density at radius 2 is 1.86 bits per heavy atom. The molecule has 21 heavy (non-hydrogen) atoms. The average molecular weight is 311 g/mol. The van der Waals surface area contributed by atoms with Gasteiger partial charge < -0.3 is 0 Å². The van der Waals surface area contributed by atoms with Crippen molar-refractivity contribution in [3.63, 3.8) is 0 Å². The van der Waals surface area contributed by atoms with Gasteiger partial charge in [-0.3, -0.25) is 4.79 Å². The standard InChI is InChI=1S/C18H24ClFO/c1-18(2,3)14-7-4-12(5-8-14)17(21)10-13-6-9-15(19)11-16(13)20/h6,9,11-12,14H,4-5,7-8,10H2,1-3H3. The van der Waals surface area contributed by atoms with E-state index in [1.54, 1.807) is 12.1 Å². The number of carbonyl (C=O) groups is 1. The Balaban J connectivity index is 1.93. The van der Waals surface area contributed by atoms with Gasteiger partial charge >= 0.3 is 0 Å². The second-order valence-corrected chi connectivity index (χ2v) is 7.73. The highest BCUT2D eigenvalue weighted by Crippen LogP contribution is 2.40. The smallest absolute Gasteiger partial charge is 0.140 e. The number of halogens is 2. The van der Waals surface area contributed by atoms with Crippen molar-refractivity contribution in [3.8, 4) is 0 Å². The van der Waals surface area contributed by atoms with Crippen LogP contribution in [0.5, 0.6) is 0 Å². The fourth-order valence-electron chi connectivity index (χ4n) is 3.28. The van der Waals surface area contributed by atoms with Gasteiger partial charge in [-0.25, -0.2) is 4.39 Å². The minimum Gasteiger partial charge on any atom is -0.299 e. The van der Waals surface area contributed by atoms with E-state index in [9.17, 15) is 9.18 Å². The van der Waals surface area contributed by atoms with Crippen molar-refractivity contribution < 1.29 is 9.18 Å². The largest absolute Gasteiger partial charge is 0.299 e. The van der Waals surface area contributed by atoms with Crippen molar-refractivity contribution in [3.05, 3.63) is 34.6 Å². The summed E-state index contributed by atoms with van der Waals surface area (Å²) in [4.78, 5) is 12.4. The molecule has 0 unspecified atom stereocenters. The Morgan fingerprint density at radius 3 is 2.38 bits per heavy atom. The summed E-state index contributed by atoms with van der Waals surface area (Å²) in [5.74, 6) is 0.579. The summed E-state index contributed by atoms with van der Waals surface area (Å²) in [6.45, 7) is 6.80. The van der Waals surface area contributed by atoms with E-state index in [-0.39, 0.29) is 23.9 Å². The van der Waals surface area contributed by atoms with E-state index >= 15 is 0 Å². The molecule has 1 saturated carbocycles. The molecule has 1 aromatic carbocycles. The maximum absolute atomic E-state index is 13.8. The number of benzene rings is 1. The second-order valence-electron chi connectivity index (χ2n) is 7.29. The van der Waals surface area contributed by atoms with Crippen LogP contribution in [-0.2, 0) is 11.2 Å². The number of ketones is 1. The topological polar surface area (TPSA) is 17.1 Å². The van der Waals surface area contributed by atoms with E-state index in [1.807, 2.05) is 0 Å². The molecule has 1 fully saturated rings. The first-order valence-corrected chi connectivity index (χ1v) is 8.12. The lowest BCUT2D eigenvalue weighted by molar-refractivity contribution is -0.123. The zero-order valence-corrected chi connectivity index (χ0v) is 13.8. The number of hydrogen-bond donors (Lipinski definition) is 0. The van der Waals surface area contributed by atoms with Gasteiger partial charge in [0.25, 0.3) is 0 Å². The second kappa shape index (κ2) is 6.48. The molecule has 0 aromatic heterocycles. The van der Waals surface area contributed by atoms with Crippen molar-refractivity contribution in [1.82, 2.24) is 0 Å². The van der Waals surface area contributed by atoms with Crippen molar-refractivity contribution in [2.45, 2.75) is 52.9 Å². The van der Waals surface area contributed by atoms with Crippen LogP contribution in [0.3, 0.4) is 0 Å². The first-order chi connectivity index (χ1) is 9.77. The number of Topliss-reactive ketones (excluding diaryl/α,β-unsaturated/α-hetero) is 1. The van der Waals surface area contributed by atoms with E-state index in [2.05, 4.69) is 20.8 Å².